The standard InChI is InChI=1S/C16H17BrClN3O3S/c17-13-5-1-3-12(9-13)4-2-8-21(25(23)24)11-16(22)20-15-7-6-14(18)10-19-15/h1,3,5-7,9-10,25H,2,4,8,11H2,(H,19,20,22). The van der Waals surface area contributed by atoms with E-state index in [1.54, 1.807) is 12.1 Å². The summed E-state index contributed by atoms with van der Waals surface area (Å²) in [6, 6.07) is 11.0. The number of nitrogens with one attached hydrogen (secondary N) is 1. The number of rotatable bonds is 8. The van der Waals surface area contributed by atoms with E-state index in [0.717, 1.165) is 20.8 Å². The third-order valence-corrected chi connectivity index (χ3v) is 4.84. The number of amides is 1. The normalized spacial score (nSPS) is 11.0. The number of aromatic nitrogens is 1. The van der Waals surface area contributed by atoms with Gasteiger partial charge >= 0.3 is 0 Å². The summed E-state index contributed by atoms with van der Waals surface area (Å²) >= 11 is 9.13. The van der Waals surface area contributed by atoms with Crippen LogP contribution in [0.2, 0.25) is 5.02 Å². The Bertz CT molecular complexity index is 791. The van der Waals surface area contributed by atoms with E-state index < -0.39 is 16.8 Å². The molecule has 6 nitrogen and oxygen atoms in total. The van der Waals surface area contributed by atoms with Crippen LogP contribution in [0.5, 0.6) is 0 Å². The molecule has 0 saturated carbocycles. The first-order chi connectivity index (χ1) is 11.9. The van der Waals surface area contributed by atoms with Crippen molar-refractivity contribution >= 4 is 50.1 Å². The van der Waals surface area contributed by atoms with Gasteiger partial charge in [0.05, 0.1) is 11.6 Å². The molecular formula is C16H17BrClN3O3S. The van der Waals surface area contributed by atoms with Crippen LogP contribution in [0.25, 0.3) is 0 Å². The molecule has 1 amide bonds. The van der Waals surface area contributed by atoms with Crippen LogP contribution in [0.1, 0.15) is 12.0 Å². The summed E-state index contributed by atoms with van der Waals surface area (Å²) in [5, 5.41) is 3.00. The lowest BCUT2D eigenvalue weighted by Gasteiger charge is -2.14. The monoisotopic (exact) mass is 445 g/mol. The van der Waals surface area contributed by atoms with Gasteiger partial charge in [0.15, 0.2) is 0 Å². The molecule has 1 aromatic carbocycles. The van der Waals surface area contributed by atoms with E-state index in [-0.39, 0.29) is 13.1 Å². The minimum Gasteiger partial charge on any atom is -0.310 e. The quantitative estimate of drug-likeness (QED) is 0.611. The van der Waals surface area contributed by atoms with Crippen LogP contribution in [0, 0.1) is 0 Å². The number of carbonyl (C=O) groups excluding carboxylic acids is 1. The first-order valence-electron chi connectivity index (χ1n) is 7.49. The Labute approximate surface area is 161 Å². The summed E-state index contributed by atoms with van der Waals surface area (Å²) in [7, 11) is -2.84. The minimum absolute atomic E-state index is 0.249. The fraction of sp³-hybridized carbons (Fsp3) is 0.250. The van der Waals surface area contributed by atoms with E-state index in [1.165, 1.54) is 6.20 Å². The molecule has 0 spiro atoms. The largest absolute Gasteiger partial charge is 0.310 e. The predicted molar refractivity (Wildman–Crippen MR) is 102 cm³/mol. The van der Waals surface area contributed by atoms with Crippen LogP contribution < -0.4 is 5.32 Å². The second kappa shape index (κ2) is 9.86. The van der Waals surface area contributed by atoms with Crippen LogP contribution in [0.4, 0.5) is 5.82 Å². The molecule has 9 heteroatoms. The molecule has 25 heavy (non-hydrogen) atoms. The van der Waals surface area contributed by atoms with Gasteiger partial charge in [-0.15, -0.1) is 0 Å². The van der Waals surface area contributed by atoms with Gasteiger partial charge in [-0.25, -0.2) is 13.4 Å². The lowest BCUT2D eigenvalue weighted by Crippen LogP contribution is -2.33. The zero-order chi connectivity index (χ0) is 18.2. The zero-order valence-corrected chi connectivity index (χ0v) is 16.4. The number of hydrogen-bond acceptors (Lipinski definition) is 4. The van der Waals surface area contributed by atoms with Gasteiger partial charge in [0.25, 0.3) is 0 Å². The number of thiol groups is 1. The van der Waals surface area contributed by atoms with Gasteiger partial charge in [0.2, 0.25) is 16.8 Å². The minimum atomic E-state index is -2.84. The Morgan fingerprint density at radius 1 is 1.28 bits per heavy atom. The van der Waals surface area contributed by atoms with Crippen LogP contribution in [-0.4, -0.2) is 36.7 Å². The van der Waals surface area contributed by atoms with Crippen molar-refractivity contribution in [3.8, 4) is 0 Å². The van der Waals surface area contributed by atoms with Crippen LogP contribution in [0.15, 0.2) is 47.1 Å². The summed E-state index contributed by atoms with van der Waals surface area (Å²) in [6.45, 7) is 0.0220. The van der Waals surface area contributed by atoms with Crippen molar-refractivity contribution in [2.75, 3.05) is 18.4 Å². The van der Waals surface area contributed by atoms with Crippen molar-refractivity contribution in [2.45, 2.75) is 12.8 Å². The zero-order valence-electron chi connectivity index (χ0n) is 13.2. The molecule has 0 bridgehead atoms. The molecule has 0 aliphatic rings. The molecule has 0 atom stereocenters. The SMILES string of the molecule is O=C(CN(CCCc1cccc(Br)c1)[SH](=O)=O)Nc1ccc(Cl)cn1. The average Bonchev–Trinajstić information content (AvgIpc) is 2.56. The molecule has 134 valence electrons. The van der Waals surface area contributed by atoms with Gasteiger partial charge < -0.3 is 5.32 Å². The van der Waals surface area contributed by atoms with Crippen molar-refractivity contribution in [2.24, 2.45) is 0 Å². The fourth-order valence-electron chi connectivity index (χ4n) is 2.17. The fourth-order valence-corrected chi connectivity index (χ4v) is 3.28. The van der Waals surface area contributed by atoms with Gasteiger partial charge in [-0.2, -0.15) is 4.31 Å². The first-order valence-corrected chi connectivity index (χ1v) is 9.79. The Hall–Kier alpha value is -1.48. The first kappa shape index (κ1) is 19.8. The van der Waals surface area contributed by atoms with Gasteiger partial charge in [0.1, 0.15) is 5.82 Å². The molecule has 1 aromatic heterocycles. The Morgan fingerprint density at radius 2 is 2.08 bits per heavy atom. The van der Waals surface area contributed by atoms with E-state index >= 15 is 0 Å². The smallest absolute Gasteiger partial charge is 0.240 e. The lowest BCUT2D eigenvalue weighted by molar-refractivity contribution is -0.116. The Balaban J connectivity index is 1.85. The maximum Gasteiger partial charge on any atom is 0.240 e. The van der Waals surface area contributed by atoms with Crippen molar-refractivity contribution in [1.29, 1.82) is 0 Å². The molecule has 0 aliphatic heterocycles. The molecule has 1 heterocycles. The van der Waals surface area contributed by atoms with Gasteiger partial charge in [-0.1, -0.05) is 39.7 Å². The molecular weight excluding hydrogens is 430 g/mol. The van der Waals surface area contributed by atoms with E-state index in [9.17, 15) is 13.2 Å². The number of benzene rings is 1. The number of hydrogen-bond donors (Lipinski definition) is 2. The lowest BCUT2D eigenvalue weighted by atomic mass is 10.1. The van der Waals surface area contributed by atoms with Crippen LogP contribution in [-0.2, 0) is 22.1 Å². The third-order valence-electron chi connectivity index (χ3n) is 3.32. The van der Waals surface area contributed by atoms with Crippen molar-refractivity contribution in [3.63, 3.8) is 0 Å². The average molecular weight is 447 g/mol. The summed E-state index contributed by atoms with van der Waals surface area (Å²) in [6.07, 6.45) is 2.74. The molecule has 1 N–H and O–H groups in total. The van der Waals surface area contributed by atoms with Crippen LogP contribution >= 0.6 is 27.5 Å². The highest BCUT2D eigenvalue weighted by atomic mass is 79.9. The maximum absolute atomic E-state index is 12.0. The Morgan fingerprint density at radius 3 is 2.72 bits per heavy atom. The number of pyridine rings is 1. The van der Waals surface area contributed by atoms with Gasteiger partial charge in [0, 0.05) is 17.2 Å². The number of anilines is 1. The summed E-state index contributed by atoms with van der Waals surface area (Å²) in [5.41, 5.74) is 1.10. The molecule has 0 fully saturated rings. The molecule has 2 rings (SSSR count). The number of aryl methyl sites for hydroxylation is 1. The number of nitrogens with zero attached hydrogens (tertiary/aromatic N) is 2. The topological polar surface area (TPSA) is 79.4 Å². The second-order valence-corrected chi connectivity index (χ2v) is 7.66. The van der Waals surface area contributed by atoms with Gasteiger partial charge in [-0.05, 0) is 42.7 Å². The summed E-state index contributed by atoms with van der Waals surface area (Å²) in [5.74, 6) is -0.124. The highest BCUT2D eigenvalue weighted by molar-refractivity contribution is 9.10. The van der Waals surface area contributed by atoms with Crippen LogP contribution in [0.3, 0.4) is 0 Å². The third kappa shape index (κ3) is 7.11. The van der Waals surface area contributed by atoms with Gasteiger partial charge in [-0.3, -0.25) is 4.79 Å². The second-order valence-electron chi connectivity index (χ2n) is 5.27. The van der Waals surface area contributed by atoms with Crippen molar-refractivity contribution in [1.82, 2.24) is 9.29 Å². The van der Waals surface area contributed by atoms with E-state index in [1.807, 2.05) is 24.3 Å². The summed E-state index contributed by atoms with van der Waals surface area (Å²) < 4.78 is 24.8. The molecule has 0 unspecified atom stereocenters. The number of halogens is 2. The Kier molecular flexibility index (Phi) is 7.83. The molecule has 0 saturated heterocycles. The predicted octanol–water partition coefficient (Wildman–Crippen LogP) is 2.90. The van der Waals surface area contributed by atoms with E-state index in [4.69, 9.17) is 11.6 Å². The highest BCUT2D eigenvalue weighted by Crippen LogP contribution is 2.13. The molecule has 0 radical (unpaired) electrons. The van der Waals surface area contributed by atoms with Crippen molar-refractivity contribution < 1.29 is 13.2 Å². The van der Waals surface area contributed by atoms with E-state index in [2.05, 4.69) is 26.2 Å². The van der Waals surface area contributed by atoms with E-state index in [0.29, 0.717) is 17.3 Å². The van der Waals surface area contributed by atoms with Crippen molar-refractivity contribution in [3.05, 3.63) is 57.7 Å². The molecule has 2 aromatic rings. The highest BCUT2D eigenvalue weighted by Gasteiger charge is 2.13. The maximum atomic E-state index is 12.0. The number of carbonyl (C=O) groups is 1. The molecule has 0 aliphatic carbocycles. The summed E-state index contributed by atoms with van der Waals surface area (Å²) in [4.78, 5) is 15.9.